The highest BCUT2D eigenvalue weighted by molar-refractivity contribution is 7.89. The van der Waals surface area contributed by atoms with Gasteiger partial charge in [0, 0.05) is 30.5 Å². The number of pyridine rings is 1. The van der Waals surface area contributed by atoms with Gasteiger partial charge in [-0.3, -0.25) is 9.97 Å². The molecule has 0 aliphatic carbocycles. The molecule has 2 N–H and O–H groups in total. The Labute approximate surface area is 163 Å². The van der Waals surface area contributed by atoms with Crippen molar-refractivity contribution in [3.8, 4) is 11.3 Å². The second-order valence-electron chi connectivity index (χ2n) is 6.12. The van der Waals surface area contributed by atoms with Crippen LogP contribution in [0, 0.1) is 5.82 Å². The normalized spacial score (nSPS) is 12.5. The molecule has 3 aromatic rings. The molecule has 0 bridgehead atoms. The summed E-state index contributed by atoms with van der Waals surface area (Å²) in [6.07, 6.45) is 5.92. The third-order valence-corrected chi connectivity index (χ3v) is 5.55. The molecule has 2 heterocycles. The predicted molar refractivity (Wildman–Crippen MR) is 105 cm³/mol. The largest absolute Gasteiger partial charge is 0.362 e. The summed E-state index contributed by atoms with van der Waals surface area (Å²) in [6.45, 7) is 3.93. The second kappa shape index (κ2) is 8.41. The predicted octanol–water partition coefficient (Wildman–Crippen LogP) is 3.15. The van der Waals surface area contributed by atoms with Gasteiger partial charge in [-0.2, -0.15) is 0 Å². The van der Waals surface area contributed by atoms with Gasteiger partial charge in [-0.05, 0) is 30.7 Å². The van der Waals surface area contributed by atoms with Gasteiger partial charge in [0.2, 0.25) is 10.0 Å². The average Bonchev–Trinajstić information content (AvgIpc) is 2.69. The van der Waals surface area contributed by atoms with Gasteiger partial charge in [0.05, 0.1) is 18.1 Å². The number of hydrogen-bond acceptors (Lipinski definition) is 6. The first kappa shape index (κ1) is 19.8. The fourth-order valence-corrected chi connectivity index (χ4v) is 3.62. The summed E-state index contributed by atoms with van der Waals surface area (Å²) in [5, 5.41) is 3.19. The lowest BCUT2D eigenvalue weighted by Crippen LogP contribution is -2.23. The maximum Gasteiger partial charge on any atom is 0.242 e. The maximum atomic E-state index is 13.0. The van der Waals surface area contributed by atoms with Crippen molar-refractivity contribution in [2.24, 2.45) is 0 Å². The van der Waals surface area contributed by atoms with Crippen LogP contribution in [0.15, 0.2) is 60.0 Å². The lowest BCUT2D eigenvalue weighted by Gasteiger charge is -2.15. The van der Waals surface area contributed by atoms with Gasteiger partial charge in [0.1, 0.15) is 16.5 Å². The molecule has 0 saturated heterocycles. The monoisotopic (exact) mass is 401 g/mol. The van der Waals surface area contributed by atoms with E-state index in [4.69, 9.17) is 0 Å². The number of nitrogens with zero attached hydrogens (tertiary/aromatic N) is 3. The van der Waals surface area contributed by atoms with Crippen molar-refractivity contribution in [1.82, 2.24) is 19.7 Å². The molecule has 28 heavy (non-hydrogen) atoms. The van der Waals surface area contributed by atoms with Crippen LogP contribution in [0.5, 0.6) is 0 Å². The Balaban J connectivity index is 1.76. The van der Waals surface area contributed by atoms with Crippen molar-refractivity contribution in [3.05, 3.63) is 66.5 Å². The van der Waals surface area contributed by atoms with Crippen LogP contribution in [0.4, 0.5) is 10.2 Å². The summed E-state index contributed by atoms with van der Waals surface area (Å²) in [4.78, 5) is 12.7. The molecule has 1 aromatic carbocycles. The average molecular weight is 401 g/mol. The molecule has 0 spiro atoms. The molecular weight excluding hydrogens is 381 g/mol. The zero-order valence-corrected chi connectivity index (χ0v) is 16.2. The summed E-state index contributed by atoms with van der Waals surface area (Å²) in [5.41, 5.74) is 1.96. The van der Waals surface area contributed by atoms with E-state index in [1.807, 2.05) is 6.92 Å². The zero-order chi connectivity index (χ0) is 20.1. The van der Waals surface area contributed by atoms with Crippen molar-refractivity contribution in [3.63, 3.8) is 0 Å². The molecule has 9 heteroatoms. The Morgan fingerprint density at radius 3 is 2.46 bits per heavy atom. The molecule has 146 valence electrons. The molecule has 0 aliphatic heterocycles. The molecule has 1 atom stereocenters. The van der Waals surface area contributed by atoms with Gasteiger partial charge >= 0.3 is 0 Å². The lowest BCUT2D eigenvalue weighted by atomic mass is 10.1. The van der Waals surface area contributed by atoms with Gasteiger partial charge in [0.15, 0.2) is 0 Å². The van der Waals surface area contributed by atoms with Gasteiger partial charge in [-0.15, -0.1) is 0 Å². The standard InChI is InChI=1S/C19H20FN5O2S/c1-3-24-28(26,27)17-8-15(9-21-10-17)18-11-23-19(12-22-18)25-13(2)14-4-6-16(20)7-5-14/h4-13,24H,3H2,1-2H3,(H,23,25)/t13-/m1/s1. The van der Waals surface area contributed by atoms with Crippen LogP contribution in [-0.4, -0.2) is 29.9 Å². The lowest BCUT2D eigenvalue weighted by molar-refractivity contribution is 0.583. The Morgan fingerprint density at radius 1 is 1.07 bits per heavy atom. The summed E-state index contributed by atoms with van der Waals surface area (Å²) in [5.74, 6) is 0.261. The smallest absolute Gasteiger partial charge is 0.242 e. The number of anilines is 1. The molecular formula is C19H20FN5O2S. The summed E-state index contributed by atoms with van der Waals surface area (Å²) in [6, 6.07) is 7.64. The Hall–Kier alpha value is -2.91. The van der Waals surface area contributed by atoms with Crippen molar-refractivity contribution in [2.45, 2.75) is 24.8 Å². The molecule has 3 rings (SSSR count). The first-order chi connectivity index (χ1) is 13.4. The third-order valence-electron chi connectivity index (χ3n) is 4.04. The van der Waals surface area contributed by atoms with E-state index in [1.54, 1.807) is 31.5 Å². The van der Waals surface area contributed by atoms with E-state index in [0.29, 0.717) is 23.6 Å². The van der Waals surface area contributed by atoms with E-state index in [0.717, 1.165) is 5.56 Å². The summed E-state index contributed by atoms with van der Waals surface area (Å²) < 4.78 is 39.7. The van der Waals surface area contributed by atoms with Crippen LogP contribution in [0.2, 0.25) is 0 Å². The van der Waals surface area contributed by atoms with Gasteiger partial charge < -0.3 is 5.32 Å². The molecule has 7 nitrogen and oxygen atoms in total. The van der Waals surface area contributed by atoms with Crippen molar-refractivity contribution in [1.29, 1.82) is 0 Å². The van der Waals surface area contributed by atoms with E-state index in [9.17, 15) is 12.8 Å². The highest BCUT2D eigenvalue weighted by atomic mass is 32.2. The maximum absolute atomic E-state index is 13.0. The Bertz CT molecular complexity index is 1040. The molecule has 2 aromatic heterocycles. The number of rotatable bonds is 7. The number of benzene rings is 1. The number of aromatic nitrogens is 3. The zero-order valence-electron chi connectivity index (χ0n) is 15.4. The minimum absolute atomic E-state index is 0.0702. The van der Waals surface area contributed by atoms with Gasteiger partial charge in [0.25, 0.3) is 0 Å². The van der Waals surface area contributed by atoms with Crippen LogP contribution < -0.4 is 10.0 Å². The Kier molecular flexibility index (Phi) is 5.96. The molecule has 0 aliphatic rings. The Morgan fingerprint density at radius 2 is 1.82 bits per heavy atom. The van der Waals surface area contributed by atoms with Crippen LogP contribution in [0.1, 0.15) is 25.5 Å². The van der Waals surface area contributed by atoms with Crippen LogP contribution in [0.3, 0.4) is 0 Å². The number of halogens is 1. The van der Waals surface area contributed by atoms with Crippen molar-refractivity contribution >= 4 is 15.8 Å². The highest BCUT2D eigenvalue weighted by Crippen LogP contribution is 2.21. The summed E-state index contributed by atoms with van der Waals surface area (Å²) in [7, 11) is -3.60. The third kappa shape index (κ3) is 4.68. The minimum Gasteiger partial charge on any atom is -0.362 e. The van der Waals surface area contributed by atoms with Crippen LogP contribution in [0.25, 0.3) is 11.3 Å². The van der Waals surface area contributed by atoms with Gasteiger partial charge in [-0.25, -0.2) is 22.5 Å². The highest BCUT2D eigenvalue weighted by Gasteiger charge is 2.15. The minimum atomic E-state index is -3.60. The summed E-state index contributed by atoms with van der Waals surface area (Å²) >= 11 is 0. The van der Waals surface area contributed by atoms with Gasteiger partial charge in [-0.1, -0.05) is 19.1 Å². The number of nitrogens with one attached hydrogen (secondary N) is 2. The quantitative estimate of drug-likeness (QED) is 0.631. The van der Waals surface area contributed by atoms with E-state index >= 15 is 0 Å². The first-order valence-corrected chi connectivity index (χ1v) is 10.2. The second-order valence-corrected chi connectivity index (χ2v) is 7.88. The van der Waals surface area contributed by atoms with Crippen LogP contribution >= 0.6 is 0 Å². The van der Waals surface area contributed by atoms with E-state index in [-0.39, 0.29) is 16.8 Å². The van der Waals surface area contributed by atoms with Crippen molar-refractivity contribution < 1.29 is 12.8 Å². The van der Waals surface area contributed by atoms with Crippen LogP contribution in [-0.2, 0) is 10.0 Å². The molecule has 0 fully saturated rings. The number of sulfonamides is 1. The number of hydrogen-bond donors (Lipinski definition) is 2. The van der Waals surface area contributed by atoms with E-state index < -0.39 is 10.0 Å². The molecule has 0 amide bonds. The molecule has 0 saturated carbocycles. The molecule has 0 unspecified atom stereocenters. The first-order valence-electron chi connectivity index (χ1n) is 8.68. The SMILES string of the molecule is CCNS(=O)(=O)c1cncc(-c2cnc(N[C@H](C)c3ccc(F)cc3)cn2)c1. The van der Waals surface area contributed by atoms with E-state index in [1.165, 1.54) is 30.6 Å². The molecule has 0 radical (unpaired) electrons. The topological polar surface area (TPSA) is 96.9 Å². The van der Waals surface area contributed by atoms with E-state index in [2.05, 4.69) is 25.0 Å². The fourth-order valence-electron chi connectivity index (χ4n) is 2.59. The fraction of sp³-hybridized carbons (Fsp3) is 0.211. The van der Waals surface area contributed by atoms with Crippen molar-refractivity contribution in [2.75, 3.05) is 11.9 Å².